The number of hydrogen-bond donors (Lipinski definition) is 2. The summed E-state index contributed by atoms with van der Waals surface area (Å²) in [6, 6.07) is 6.62. The van der Waals surface area contributed by atoms with Gasteiger partial charge < -0.3 is 15.8 Å². The zero-order valence-electron chi connectivity index (χ0n) is 12.5. The first-order chi connectivity index (χ1) is 9.35. The molecule has 0 fully saturated rings. The Balaban J connectivity index is 0.00000400. The lowest BCUT2D eigenvalue weighted by Gasteiger charge is -2.20. The molecule has 0 heterocycles. The maximum atomic E-state index is 12.4. The van der Waals surface area contributed by atoms with Crippen molar-refractivity contribution >= 4 is 18.3 Å². The third-order valence-electron chi connectivity index (χ3n) is 2.40. The third kappa shape index (κ3) is 7.11. The lowest BCUT2D eigenvalue weighted by molar-refractivity contribution is 0.0919. The summed E-state index contributed by atoms with van der Waals surface area (Å²) < 4.78 is 17.7. The number of hydrogen-bond acceptors (Lipinski definition) is 3. The van der Waals surface area contributed by atoms with Crippen molar-refractivity contribution in [1.29, 1.82) is 0 Å². The highest BCUT2D eigenvalue weighted by molar-refractivity contribution is 5.94. The fourth-order valence-corrected chi connectivity index (χ4v) is 1.38. The van der Waals surface area contributed by atoms with Crippen LogP contribution in [0.15, 0.2) is 36.1 Å². The molecule has 0 saturated heterocycles. The average Bonchev–Trinajstić information content (AvgIpc) is 2.38. The van der Waals surface area contributed by atoms with Gasteiger partial charge in [-0.1, -0.05) is 0 Å². The van der Waals surface area contributed by atoms with E-state index in [1.807, 2.05) is 20.8 Å². The largest absolute Gasteiger partial charge is 0.465 e. The van der Waals surface area contributed by atoms with Crippen molar-refractivity contribution in [3.8, 4) is 5.75 Å². The number of halogens is 2. The summed E-state index contributed by atoms with van der Waals surface area (Å²) in [5.41, 5.74) is 5.96. The SMILES string of the molecule is CC(C)(C)NC(=O)c1ccc(O/C=C(\CN)CF)cc1.Cl. The molecular formula is C15H22ClFN2O2. The molecule has 0 saturated carbocycles. The van der Waals surface area contributed by atoms with Crippen LogP contribution in [0.4, 0.5) is 4.39 Å². The molecule has 1 rings (SSSR count). The maximum Gasteiger partial charge on any atom is 0.251 e. The first kappa shape index (κ1) is 19.4. The molecule has 1 aromatic carbocycles. The summed E-state index contributed by atoms with van der Waals surface area (Å²) in [5.74, 6) is 0.378. The van der Waals surface area contributed by atoms with E-state index in [2.05, 4.69) is 5.32 Å². The van der Waals surface area contributed by atoms with Gasteiger partial charge in [-0.3, -0.25) is 4.79 Å². The molecule has 0 aliphatic rings. The molecule has 0 aromatic heterocycles. The van der Waals surface area contributed by atoms with Crippen molar-refractivity contribution in [3.05, 3.63) is 41.7 Å². The number of nitrogens with one attached hydrogen (secondary N) is 1. The maximum absolute atomic E-state index is 12.4. The van der Waals surface area contributed by atoms with Gasteiger partial charge in [-0.25, -0.2) is 4.39 Å². The van der Waals surface area contributed by atoms with Gasteiger partial charge in [-0.15, -0.1) is 12.4 Å². The van der Waals surface area contributed by atoms with E-state index in [-0.39, 0.29) is 30.4 Å². The minimum atomic E-state index is -0.636. The van der Waals surface area contributed by atoms with E-state index >= 15 is 0 Å². The third-order valence-corrected chi connectivity index (χ3v) is 2.40. The Morgan fingerprint density at radius 2 is 1.90 bits per heavy atom. The summed E-state index contributed by atoms with van der Waals surface area (Å²) in [6.45, 7) is 5.22. The van der Waals surface area contributed by atoms with Crippen molar-refractivity contribution in [1.82, 2.24) is 5.32 Å². The van der Waals surface area contributed by atoms with Gasteiger partial charge in [-0.2, -0.15) is 0 Å². The van der Waals surface area contributed by atoms with Gasteiger partial charge in [0.25, 0.3) is 5.91 Å². The fraction of sp³-hybridized carbons (Fsp3) is 0.400. The van der Waals surface area contributed by atoms with E-state index in [9.17, 15) is 9.18 Å². The highest BCUT2D eigenvalue weighted by Gasteiger charge is 2.14. The first-order valence-corrected chi connectivity index (χ1v) is 6.39. The van der Waals surface area contributed by atoms with E-state index in [1.165, 1.54) is 6.26 Å². The number of carbonyl (C=O) groups is 1. The van der Waals surface area contributed by atoms with Crippen LogP contribution >= 0.6 is 12.4 Å². The summed E-state index contributed by atoms with van der Waals surface area (Å²) >= 11 is 0. The van der Waals surface area contributed by atoms with Gasteiger partial charge in [0.05, 0.1) is 6.26 Å². The van der Waals surface area contributed by atoms with Crippen LogP contribution in [0.3, 0.4) is 0 Å². The van der Waals surface area contributed by atoms with E-state index in [4.69, 9.17) is 10.5 Å². The predicted octanol–water partition coefficient (Wildman–Crippen LogP) is 2.83. The van der Waals surface area contributed by atoms with E-state index < -0.39 is 6.67 Å². The Bertz CT molecular complexity index is 475. The summed E-state index contributed by atoms with van der Waals surface area (Å²) in [4.78, 5) is 11.9. The van der Waals surface area contributed by atoms with Gasteiger partial charge in [0.2, 0.25) is 0 Å². The number of carbonyl (C=O) groups excluding carboxylic acids is 1. The van der Waals surface area contributed by atoms with Crippen LogP contribution in [-0.2, 0) is 0 Å². The molecule has 4 nitrogen and oxygen atoms in total. The number of nitrogens with two attached hydrogens (primary N) is 1. The summed E-state index contributed by atoms with van der Waals surface area (Å²) in [5, 5.41) is 2.87. The van der Waals surface area contributed by atoms with Gasteiger partial charge in [0.1, 0.15) is 12.4 Å². The van der Waals surface area contributed by atoms with Gasteiger partial charge in [0, 0.05) is 23.2 Å². The molecule has 0 unspecified atom stereocenters. The normalized spacial score (nSPS) is 11.6. The Labute approximate surface area is 131 Å². The molecule has 0 aliphatic heterocycles. The molecule has 0 spiro atoms. The topological polar surface area (TPSA) is 64.3 Å². The molecule has 6 heteroatoms. The summed E-state index contributed by atoms with van der Waals surface area (Å²) in [7, 11) is 0. The van der Waals surface area contributed by atoms with Gasteiger partial charge in [0.15, 0.2) is 0 Å². The van der Waals surface area contributed by atoms with Crippen molar-refractivity contribution in [2.24, 2.45) is 5.73 Å². The van der Waals surface area contributed by atoms with Crippen molar-refractivity contribution < 1.29 is 13.9 Å². The molecule has 1 aromatic rings. The molecular weight excluding hydrogens is 295 g/mol. The Morgan fingerprint density at radius 1 is 1.33 bits per heavy atom. The van der Waals surface area contributed by atoms with Crippen LogP contribution in [0.5, 0.6) is 5.75 Å². The molecule has 21 heavy (non-hydrogen) atoms. The standard InChI is InChI=1S/C15H21FN2O2.ClH/c1-15(2,3)18-14(19)12-4-6-13(7-5-12)20-10-11(8-16)9-17;/h4-7,10H,8-9,17H2,1-3H3,(H,18,19);1H/b11-10-;. The first-order valence-electron chi connectivity index (χ1n) is 6.39. The number of ether oxygens (including phenoxy) is 1. The van der Waals surface area contributed by atoms with Gasteiger partial charge >= 0.3 is 0 Å². The Morgan fingerprint density at radius 3 is 2.33 bits per heavy atom. The lowest BCUT2D eigenvalue weighted by atomic mass is 10.1. The average molecular weight is 317 g/mol. The van der Waals surface area contributed by atoms with Gasteiger partial charge in [-0.05, 0) is 45.0 Å². The second-order valence-corrected chi connectivity index (χ2v) is 5.46. The molecule has 0 radical (unpaired) electrons. The highest BCUT2D eigenvalue weighted by atomic mass is 35.5. The molecule has 1 amide bonds. The minimum Gasteiger partial charge on any atom is -0.465 e. The highest BCUT2D eigenvalue weighted by Crippen LogP contribution is 2.14. The molecule has 0 bridgehead atoms. The van der Waals surface area contributed by atoms with Crippen LogP contribution in [0.2, 0.25) is 0 Å². The Kier molecular flexibility index (Phi) is 7.99. The smallest absolute Gasteiger partial charge is 0.251 e. The molecule has 0 aliphatic carbocycles. The minimum absolute atomic E-state index is 0. The van der Waals surface area contributed by atoms with Crippen LogP contribution in [0.1, 0.15) is 31.1 Å². The van der Waals surface area contributed by atoms with E-state index in [0.29, 0.717) is 16.9 Å². The predicted molar refractivity (Wildman–Crippen MR) is 84.6 cm³/mol. The van der Waals surface area contributed by atoms with Crippen LogP contribution in [-0.4, -0.2) is 24.7 Å². The fourth-order valence-electron chi connectivity index (χ4n) is 1.38. The second-order valence-electron chi connectivity index (χ2n) is 5.46. The summed E-state index contributed by atoms with van der Waals surface area (Å²) in [6.07, 6.45) is 1.30. The van der Waals surface area contributed by atoms with Crippen molar-refractivity contribution in [2.45, 2.75) is 26.3 Å². The zero-order chi connectivity index (χ0) is 15.2. The second kappa shape index (κ2) is 8.64. The van der Waals surface area contributed by atoms with Crippen molar-refractivity contribution in [3.63, 3.8) is 0 Å². The monoisotopic (exact) mass is 316 g/mol. The molecule has 0 atom stereocenters. The number of benzene rings is 1. The van der Waals surface area contributed by atoms with E-state index in [1.54, 1.807) is 24.3 Å². The molecule has 118 valence electrons. The molecule has 3 N–H and O–H groups in total. The Hall–Kier alpha value is -1.59. The van der Waals surface area contributed by atoms with Crippen molar-refractivity contribution in [2.75, 3.05) is 13.2 Å². The lowest BCUT2D eigenvalue weighted by Crippen LogP contribution is -2.40. The van der Waals surface area contributed by atoms with Crippen LogP contribution in [0, 0.1) is 0 Å². The number of rotatable bonds is 5. The number of alkyl halides is 1. The quantitative estimate of drug-likeness (QED) is 0.821. The van der Waals surface area contributed by atoms with E-state index in [0.717, 1.165) is 0 Å². The van der Waals surface area contributed by atoms with Crippen LogP contribution in [0.25, 0.3) is 0 Å². The zero-order valence-corrected chi connectivity index (χ0v) is 13.3. The number of amides is 1. The van der Waals surface area contributed by atoms with Crippen LogP contribution < -0.4 is 15.8 Å².